The molecule has 2 aromatic rings. The van der Waals surface area contributed by atoms with Gasteiger partial charge in [-0.15, -0.1) is 0 Å². The molecule has 2 aromatic carbocycles. The minimum Gasteiger partial charge on any atom is -0.493 e. The van der Waals surface area contributed by atoms with Crippen molar-refractivity contribution in [1.82, 2.24) is 5.32 Å². The number of aliphatic hydroxyl groups excluding tert-OH is 1. The van der Waals surface area contributed by atoms with E-state index in [4.69, 9.17) is 49.4 Å². The van der Waals surface area contributed by atoms with Crippen molar-refractivity contribution in [2.75, 3.05) is 20.3 Å². The largest absolute Gasteiger partial charge is 0.493 e. The van der Waals surface area contributed by atoms with E-state index >= 15 is 0 Å². The summed E-state index contributed by atoms with van der Waals surface area (Å²) in [6.07, 6.45) is 0. The van der Waals surface area contributed by atoms with E-state index < -0.39 is 0 Å². The summed E-state index contributed by atoms with van der Waals surface area (Å²) in [7, 11) is 1.57. The maximum absolute atomic E-state index is 8.82. The van der Waals surface area contributed by atoms with Crippen LogP contribution in [0.25, 0.3) is 0 Å². The fourth-order valence-corrected chi connectivity index (χ4v) is 2.62. The van der Waals surface area contributed by atoms with E-state index in [0.29, 0.717) is 46.3 Å². The topological polar surface area (TPSA) is 50.7 Å². The Morgan fingerprint density at radius 1 is 1.00 bits per heavy atom. The van der Waals surface area contributed by atoms with E-state index in [2.05, 4.69) is 5.32 Å². The Morgan fingerprint density at radius 2 is 1.79 bits per heavy atom. The van der Waals surface area contributed by atoms with Crippen molar-refractivity contribution in [3.63, 3.8) is 0 Å². The molecule has 4 nitrogen and oxygen atoms in total. The zero-order valence-corrected chi connectivity index (χ0v) is 15.4. The molecule has 0 amide bonds. The molecule has 24 heavy (non-hydrogen) atoms. The summed E-state index contributed by atoms with van der Waals surface area (Å²) in [5.41, 5.74) is 1.75. The predicted octanol–water partition coefficient (Wildman–Crippen LogP) is 4.32. The summed E-state index contributed by atoms with van der Waals surface area (Å²) in [6, 6.07) is 8.86. The Bertz CT molecular complexity index is 695. The summed E-state index contributed by atoms with van der Waals surface area (Å²) in [4.78, 5) is 0. The number of benzene rings is 2. The van der Waals surface area contributed by atoms with Gasteiger partial charge in [-0.2, -0.15) is 0 Å². The molecule has 0 spiro atoms. The van der Waals surface area contributed by atoms with Crippen LogP contribution in [0.5, 0.6) is 11.5 Å². The normalized spacial score (nSPS) is 10.7. The molecule has 0 bridgehead atoms. The van der Waals surface area contributed by atoms with Gasteiger partial charge in [-0.25, -0.2) is 0 Å². The van der Waals surface area contributed by atoms with Gasteiger partial charge >= 0.3 is 0 Å². The lowest BCUT2D eigenvalue weighted by molar-refractivity contribution is 0.284. The van der Waals surface area contributed by atoms with Crippen LogP contribution in [0.1, 0.15) is 11.1 Å². The molecule has 0 atom stereocenters. The first kappa shape index (κ1) is 19.2. The SMILES string of the molecule is COc1cc(CNCCO)c(Cl)cc1OCc1ccc(Cl)c(Cl)c1. The van der Waals surface area contributed by atoms with Gasteiger partial charge in [0.1, 0.15) is 6.61 Å². The third-order valence-corrected chi connectivity index (χ3v) is 4.41. The highest BCUT2D eigenvalue weighted by Gasteiger charge is 2.11. The van der Waals surface area contributed by atoms with Crippen LogP contribution in [0.3, 0.4) is 0 Å². The van der Waals surface area contributed by atoms with Crippen LogP contribution in [-0.2, 0) is 13.2 Å². The van der Waals surface area contributed by atoms with E-state index in [1.54, 1.807) is 25.3 Å². The zero-order chi connectivity index (χ0) is 17.5. The van der Waals surface area contributed by atoms with Crippen LogP contribution < -0.4 is 14.8 Å². The van der Waals surface area contributed by atoms with E-state index in [0.717, 1.165) is 11.1 Å². The fourth-order valence-electron chi connectivity index (χ4n) is 2.08. The van der Waals surface area contributed by atoms with Crippen LogP contribution >= 0.6 is 34.8 Å². The van der Waals surface area contributed by atoms with Crippen LogP contribution in [0.2, 0.25) is 15.1 Å². The number of nitrogens with one attached hydrogen (secondary N) is 1. The van der Waals surface area contributed by atoms with Crippen molar-refractivity contribution in [2.45, 2.75) is 13.2 Å². The van der Waals surface area contributed by atoms with E-state index in [1.807, 2.05) is 12.1 Å². The van der Waals surface area contributed by atoms with Crippen molar-refractivity contribution < 1.29 is 14.6 Å². The lowest BCUT2D eigenvalue weighted by atomic mass is 10.2. The van der Waals surface area contributed by atoms with Crippen molar-refractivity contribution >= 4 is 34.8 Å². The quantitative estimate of drug-likeness (QED) is 0.659. The summed E-state index contributed by atoms with van der Waals surface area (Å²) in [5, 5.41) is 13.4. The molecule has 0 aromatic heterocycles. The highest BCUT2D eigenvalue weighted by molar-refractivity contribution is 6.42. The lowest BCUT2D eigenvalue weighted by Gasteiger charge is -2.14. The Labute approximate surface area is 156 Å². The molecule has 0 aliphatic carbocycles. The molecule has 0 saturated carbocycles. The third-order valence-electron chi connectivity index (χ3n) is 3.32. The van der Waals surface area contributed by atoms with Gasteiger partial charge in [-0.1, -0.05) is 40.9 Å². The molecule has 7 heteroatoms. The monoisotopic (exact) mass is 389 g/mol. The second kappa shape index (κ2) is 9.35. The number of ether oxygens (including phenoxy) is 2. The van der Waals surface area contributed by atoms with Crippen LogP contribution in [-0.4, -0.2) is 25.4 Å². The summed E-state index contributed by atoms with van der Waals surface area (Å²) in [6.45, 7) is 1.41. The van der Waals surface area contributed by atoms with Gasteiger partial charge in [0.05, 0.1) is 23.8 Å². The summed E-state index contributed by atoms with van der Waals surface area (Å²) >= 11 is 18.2. The second-order valence-corrected chi connectivity index (χ2v) is 6.25. The van der Waals surface area contributed by atoms with Gasteiger partial charge in [0, 0.05) is 24.2 Å². The summed E-state index contributed by atoms with van der Waals surface area (Å²) in [5.74, 6) is 1.12. The van der Waals surface area contributed by atoms with Gasteiger partial charge in [0.2, 0.25) is 0 Å². The molecular weight excluding hydrogens is 373 g/mol. The predicted molar refractivity (Wildman–Crippen MR) is 97.6 cm³/mol. The lowest BCUT2D eigenvalue weighted by Crippen LogP contribution is -2.17. The Hall–Kier alpha value is -1.17. The van der Waals surface area contributed by atoms with Crippen molar-refractivity contribution in [2.24, 2.45) is 0 Å². The minimum atomic E-state index is 0.0690. The van der Waals surface area contributed by atoms with E-state index in [-0.39, 0.29) is 6.61 Å². The molecule has 0 fully saturated rings. The maximum atomic E-state index is 8.82. The average Bonchev–Trinajstić information content (AvgIpc) is 2.57. The third kappa shape index (κ3) is 5.16. The molecule has 0 unspecified atom stereocenters. The van der Waals surface area contributed by atoms with Gasteiger partial charge < -0.3 is 19.9 Å². The van der Waals surface area contributed by atoms with Gasteiger partial charge in [0.15, 0.2) is 11.5 Å². The smallest absolute Gasteiger partial charge is 0.163 e. The molecule has 0 aliphatic heterocycles. The van der Waals surface area contributed by atoms with Crippen LogP contribution in [0.15, 0.2) is 30.3 Å². The van der Waals surface area contributed by atoms with Crippen molar-refractivity contribution in [1.29, 1.82) is 0 Å². The minimum absolute atomic E-state index is 0.0690. The Balaban J connectivity index is 2.11. The van der Waals surface area contributed by atoms with Gasteiger partial charge in [-0.3, -0.25) is 0 Å². The highest BCUT2D eigenvalue weighted by Crippen LogP contribution is 2.34. The Kier molecular flexibility index (Phi) is 7.46. The first-order valence-electron chi connectivity index (χ1n) is 7.30. The van der Waals surface area contributed by atoms with Gasteiger partial charge in [0.25, 0.3) is 0 Å². The molecule has 0 radical (unpaired) electrons. The highest BCUT2D eigenvalue weighted by atomic mass is 35.5. The first-order valence-corrected chi connectivity index (χ1v) is 8.43. The summed E-state index contributed by atoms with van der Waals surface area (Å²) < 4.78 is 11.2. The van der Waals surface area contributed by atoms with Crippen LogP contribution in [0, 0.1) is 0 Å². The average molecular weight is 391 g/mol. The zero-order valence-electron chi connectivity index (χ0n) is 13.1. The van der Waals surface area contributed by atoms with Crippen molar-refractivity contribution in [3.8, 4) is 11.5 Å². The number of hydrogen-bond acceptors (Lipinski definition) is 4. The number of halogens is 3. The first-order chi connectivity index (χ1) is 11.5. The number of rotatable bonds is 8. The Morgan fingerprint density at radius 3 is 2.46 bits per heavy atom. The van der Waals surface area contributed by atoms with E-state index in [9.17, 15) is 0 Å². The number of hydrogen-bond donors (Lipinski definition) is 2. The molecule has 2 N–H and O–H groups in total. The van der Waals surface area contributed by atoms with E-state index in [1.165, 1.54) is 0 Å². The second-order valence-electron chi connectivity index (χ2n) is 5.03. The van der Waals surface area contributed by atoms with Crippen molar-refractivity contribution in [3.05, 3.63) is 56.5 Å². The molecule has 0 saturated heterocycles. The maximum Gasteiger partial charge on any atom is 0.163 e. The molecule has 130 valence electrons. The fraction of sp³-hybridized carbons (Fsp3) is 0.294. The molecule has 0 heterocycles. The van der Waals surface area contributed by atoms with Crippen LogP contribution in [0.4, 0.5) is 0 Å². The van der Waals surface area contributed by atoms with Gasteiger partial charge in [-0.05, 0) is 29.3 Å². The molecular formula is C17H18Cl3NO3. The molecule has 0 aliphatic rings. The number of methoxy groups -OCH3 is 1. The number of aliphatic hydroxyl groups is 1. The standard InChI is InChI=1S/C17H18Cl3NO3/c1-23-16-7-12(9-21-4-5-22)14(19)8-17(16)24-10-11-2-3-13(18)15(20)6-11/h2-3,6-8,21-22H,4-5,9-10H2,1H3. The molecule has 2 rings (SSSR count).